The first-order chi connectivity index (χ1) is 33.2. The summed E-state index contributed by atoms with van der Waals surface area (Å²) in [5.74, 6) is -7.69. The summed E-state index contributed by atoms with van der Waals surface area (Å²) >= 11 is 5.99. The van der Waals surface area contributed by atoms with Crippen molar-refractivity contribution in [2.24, 2.45) is 29.0 Å². The summed E-state index contributed by atoms with van der Waals surface area (Å²) in [6, 6.07) is 5.29. The van der Waals surface area contributed by atoms with E-state index >= 15 is 0 Å². The van der Waals surface area contributed by atoms with Gasteiger partial charge in [-0.2, -0.15) is 0 Å². The van der Waals surface area contributed by atoms with E-state index < -0.39 is 107 Å². The molecule has 1 unspecified atom stereocenters. The van der Waals surface area contributed by atoms with Gasteiger partial charge in [-0.3, -0.25) is 43.2 Å². The molecule has 0 aliphatic carbocycles. The summed E-state index contributed by atoms with van der Waals surface area (Å²) in [7, 11) is 0. The molecule has 23 heteroatoms. The fraction of sp³-hybridized carbons (Fsp3) is 0.447. The summed E-state index contributed by atoms with van der Waals surface area (Å²) in [6.45, 7) is 7.77. The molecule has 2 aromatic carbocycles. The number of para-hydroxylation sites is 1. The Bertz CT molecular complexity index is 2460. The molecule has 0 aliphatic heterocycles. The molecule has 0 saturated carbocycles. The van der Waals surface area contributed by atoms with Crippen LogP contribution < -0.4 is 54.4 Å². The number of primary amides is 2. The molecule has 4 rings (SSSR count). The molecule has 0 fully saturated rings. The Morgan fingerprint density at radius 3 is 1.89 bits per heavy atom. The van der Waals surface area contributed by atoms with E-state index in [9.17, 15) is 43.2 Å². The maximum atomic E-state index is 14.1. The SMILES string of the molecule is CCC(CNC(=O)[C@H](Cc1cnc[nH]1)NC(=O)[C@@H](C)NC(=O)[C@@H](NC(=O)[C@H](C)NC(=O)[C@H](Cc1c[nH]c2ccccc12)NC(=O)[C@H](CCC(N)=O)NC(=O)[C@H](N)Cc1ccc(Cl)cc1)C(C)C)C(N)=O. The lowest BCUT2D eigenvalue weighted by atomic mass is 10.0. The molecule has 70 heavy (non-hydrogen) atoms. The first-order valence-corrected chi connectivity index (χ1v) is 23.2. The quantitative estimate of drug-likeness (QED) is 0.0358. The predicted molar refractivity (Wildman–Crippen MR) is 260 cm³/mol. The van der Waals surface area contributed by atoms with Gasteiger partial charge in [0.1, 0.15) is 36.3 Å². The van der Waals surface area contributed by atoms with Gasteiger partial charge in [0.2, 0.25) is 53.2 Å². The summed E-state index contributed by atoms with van der Waals surface area (Å²) in [5.41, 5.74) is 19.7. The highest BCUT2D eigenvalue weighted by Crippen LogP contribution is 2.20. The molecular weight excluding hydrogens is 926 g/mol. The first-order valence-electron chi connectivity index (χ1n) is 22.9. The minimum atomic E-state index is -1.36. The summed E-state index contributed by atoms with van der Waals surface area (Å²) < 4.78 is 0. The van der Waals surface area contributed by atoms with Crippen LogP contribution in [0.15, 0.2) is 67.3 Å². The highest BCUT2D eigenvalue weighted by Gasteiger charge is 2.34. The summed E-state index contributed by atoms with van der Waals surface area (Å²) in [6.07, 6.45) is 4.43. The van der Waals surface area contributed by atoms with E-state index in [1.54, 1.807) is 57.3 Å². The zero-order chi connectivity index (χ0) is 51.7. The van der Waals surface area contributed by atoms with Gasteiger partial charge in [-0.15, -0.1) is 0 Å². The van der Waals surface area contributed by atoms with E-state index in [4.69, 9.17) is 28.8 Å². The van der Waals surface area contributed by atoms with Crippen LogP contribution in [0.1, 0.15) is 70.7 Å². The first kappa shape index (κ1) is 55.3. The van der Waals surface area contributed by atoms with Crippen molar-refractivity contribution in [2.45, 2.75) is 115 Å². The third-order valence-electron chi connectivity index (χ3n) is 11.5. The van der Waals surface area contributed by atoms with Crippen molar-refractivity contribution in [3.8, 4) is 0 Å². The van der Waals surface area contributed by atoms with Gasteiger partial charge < -0.3 is 64.4 Å². The molecule has 2 heterocycles. The average molecular weight is 991 g/mol. The molecule has 378 valence electrons. The van der Waals surface area contributed by atoms with Crippen molar-refractivity contribution in [1.29, 1.82) is 0 Å². The number of hydrogen-bond donors (Lipinski definition) is 12. The van der Waals surface area contributed by atoms with Gasteiger partial charge in [-0.1, -0.05) is 62.7 Å². The number of aromatic nitrogens is 3. The average Bonchev–Trinajstić information content (AvgIpc) is 3.99. The summed E-state index contributed by atoms with van der Waals surface area (Å²) in [4.78, 5) is 129. The third kappa shape index (κ3) is 16.7. The number of amides is 9. The molecule has 0 radical (unpaired) electrons. The fourth-order valence-electron chi connectivity index (χ4n) is 7.28. The van der Waals surface area contributed by atoms with Gasteiger partial charge in [-0.25, -0.2) is 4.98 Å². The third-order valence-corrected chi connectivity index (χ3v) is 11.8. The van der Waals surface area contributed by atoms with Crippen molar-refractivity contribution in [3.63, 3.8) is 0 Å². The van der Waals surface area contributed by atoms with Gasteiger partial charge >= 0.3 is 0 Å². The van der Waals surface area contributed by atoms with Crippen LogP contribution >= 0.6 is 11.6 Å². The predicted octanol–water partition coefficient (Wildman–Crippen LogP) is -0.603. The molecule has 0 aliphatic rings. The second-order valence-electron chi connectivity index (χ2n) is 17.4. The van der Waals surface area contributed by atoms with Crippen molar-refractivity contribution < 1.29 is 43.2 Å². The van der Waals surface area contributed by atoms with Crippen LogP contribution in [0.4, 0.5) is 0 Å². The number of hydrogen-bond acceptors (Lipinski definition) is 11. The van der Waals surface area contributed by atoms with Crippen LogP contribution in [0.25, 0.3) is 10.9 Å². The molecule has 0 spiro atoms. The van der Waals surface area contributed by atoms with Crippen LogP contribution in [0, 0.1) is 11.8 Å². The van der Waals surface area contributed by atoms with Crippen LogP contribution in [-0.2, 0) is 62.4 Å². The molecule has 4 aromatic rings. The molecule has 22 nitrogen and oxygen atoms in total. The number of nitrogens with zero attached hydrogens (tertiary/aromatic N) is 1. The smallest absolute Gasteiger partial charge is 0.243 e. The second-order valence-corrected chi connectivity index (χ2v) is 17.9. The van der Waals surface area contributed by atoms with Gasteiger partial charge in [0.15, 0.2) is 0 Å². The Kier molecular flexibility index (Phi) is 20.9. The Morgan fingerprint density at radius 2 is 1.27 bits per heavy atom. The van der Waals surface area contributed by atoms with E-state index in [1.165, 1.54) is 26.4 Å². The minimum absolute atomic E-state index is 0.000807. The molecule has 8 atom stereocenters. The number of nitrogens with one attached hydrogen (secondary N) is 9. The minimum Gasteiger partial charge on any atom is -0.370 e. The highest BCUT2D eigenvalue weighted by atomic mass is 35.5. The van der Waals surface area contributed by atoms with Crippen molar-refractivity contribution in [2.75, 3.05) is 6.54 Å². The number of imidazole rings is 1. The topological polar surface area (TPSA) is 360 Å². The van der Waals surface area contributed by atoms with E-state index in [1.807, 2.05) is 18.2 Å². The maximum absolute atomic E-state index is 14.1. The van der Waals surface area contributed by atoms with Crippen LogP contribution in [0.2, 0.25) is 5.02 Å². The number of rotatable bonds is 27. The largest absolute Gasteiger partial charge is 0.370 e. The lowest BCUT2D eigenvalue weighted by Gasteiger charge is -2.27. The standard InChI is InChI=1S/C47H64ClN13O9/c1-6-28(40(51)63)20-54-44(67)37(19-31-22-52-23-55-31)59-41(64)25(4)57-47(70)39(24(2)3)61-42(65)26(5)56-46(69)36(18-29-21-53-34-10-8-7-9-32(29)34)60-45(68)35(15-16-38(50)62)58-43(66)33(49)17-27-11-13-30(48)14-12-27/h7-14,21-26,28,33,35-37,39,53H,6,15-20,49H2,1-5H3,(H2,50,62)(H2,51,63)(H,52,55)(H,54,67)(H,56,69)(H,57,70)(H,58,66)(H,59,64)(H,60,68)(H,61,65)/t25-,26+,28?,33-,35+,36+,37+,39+/m1/s1. The number of nitrogens with two attached hydrogens (primary N) is 3. The van der Waals surface area contributed by atoms with E-state index in [0.717, 1.165) is 10.9 Å². The lowest BCUT2D eigenvalue weighted by molar-refractivity contribution is -0.135. The highest BCUT2D eigenvalue weighted by molar-refractivity contribution is 6.30. The molecular formula is C47H64ClN13O9. The lowest BCUT2D eigenvalue weighted by Crippen LogP contribution is -2.60. The number of H-pyrrole nitrogens is 2. The number of halogens is 1. The zero-order valence-corrected chi connectivity index (χ0v) is 40.5. The van der Waals surface area contributed by atoms with Crippen molar-refractivity contribution >= 4 is 75.7 Å². The number of carbonyl (C=O) groups is 9. The molecule has 0 bridgehead atoms. The monoisotopic (exact) mass is 989 g/mol. The van der Waals surface area contributed by atoms with Crippen molar-refractivity contribution in [1.82, 2.24) is 52.2 Å². The molecule has 0 saturated heterocycles. The van der Waals surface area contributed by atoms with Gasteiger partial charge in [0.05, 0.1) is 18.3 Å². The fourth-order valence-corrected chi connectivity index (χ4v) is 7.41. The Hall–Kier alpha value is -7.33. The van der Waals surface area contributed by atoms with Crippen molar-refractivity contribution in [3.05, 3.63) is 89.1 Å². The molecule has 9 amide bonds. The van der Waals surface area contributed by atoms with Gasteiger partial charge in [0.25, 0.3) is 0 Å². The Morgan fingerprint density at radius 1 is 0.671 bits per heavy atom. The van der Waals surface area contributed by atoms with Crippen LogP contribution in [0.5, 0.6) is 0 Å². The molecule has 15 N–H and O–H groups in total. The normalized spacial score (nSPS) is 14.6. The Balaban J connectivity index is 1.46. The van der Waals surface area contributed by atoms with E-state index in [2.05, 4.69) is 52.2 Å². The summed E-state index contributed by atoms with van der Waals surface area (Å²) in [5, 5.41) is 19.6. The maximum Gasteiger partial charge on any atom is 0.243 e. The van der Waals surface area contributed by atoms with Crippen LogP contribution in [-0.4, -0.2) is 117 Å². The number of fused-ring (bicyclic) bond motifs is 1. The van der Waals surface area contributed by atoms with E-state index in [0.29, 0.717) is 28.3 Å². The van der Waals surface area contributed by atoms with Gasteiger partial charge in [-0.05, 0) is 68.4 Å². The van der Waals surface area contributed by atoms with E-state index in [-0.39, 0.29) is 38.6 Å². The van der Waals surface area contributed by atoms with Crippen LogP contribution in [0.3, 0.4) is 0 Å². The number of carbonyl (C=O) groups excluding carboxylic acids is 9. The van der Waals surface area contributed by atoms with Gasteiger partial charge in [0, 0.05) is 59.8 Å². The number of aromatic amines is 2. The number of benzene rings is 2. The zero-order valence-electron chi connectivity index (χ0n) is 39.7. The Labute approximate surface area is 409 Å². The molecule has 2 aromatic heterocycles. The second kappa shape index (κ2) is 26.4.